The number of aromatic nitrogens is 4. The summed E-state index contributed by atoms with van der Waals surface area (Å²) in [5.41, 5.74) is 3.46. The van der Waals surface area contributed by atoms with Crippen LogP contribution in [0.25, 0.3) is 11.0 Å². The molecule has 2 aromatic rings. The first-order valence-corrected chi connectivity index (χ1v) is 7.05. The quantitative estimate of drug-likeness (QED) is 0.639. The van der Waals surface area contributed by atoms with E-state index in [4.69, 9.17) is 5.84 Å². The van der Waals surface area contributed by atoms with Crippen molar-refractivity contribution in [2.24, 2.45) is 18.8 Å². The lowest BCUT2D eigenvalue weighted by Gasteiger charge is -2.29. The Morgan fingerprint density at radius 3 is 2.80 bits per heavy atom. The molecule has 3 heterocycles. The summed E-state index contributed by atoms with van der Waals surface area (Å²) < 4.78 is 1.75. The van der Waals surface area contributed by atoms with Crippen LogP contribution in [0, 0.1) is 5.92 Å². The molecule has 1 aliphatic rings. The molecule has 1 saturated heterocycles. The summed E-state index contributed by atoms with van der Waals surface area (Å²) in [6.07, 6.45) is 4.22. The van der Waals surface area contributed by atoms with Gasteiger partial charge in [-0.25, -0.2) is 15.8 Å². The van der Waals surface area contributed by atoms with Crippen molar-refractivity contribution in [3.63, 3.8) is 0 Å². The number of rotatable bonds is 3. The number of anilines is 1. The standard InChI is InChI=1S/C13H21N7/c1-9-3-5-20(6-4-9)8-11-16-12(18-14)10-7-15-19(2)13(10)17-11/h7,9H,3-6,8,14H2,1-2H3,(H,16,17,18). The van der Waals surface area contributed by atoms with E-state index >= 15 is 0 Å². The molecule has 0 radical (unpaired) electrons. The summed E-state index contributed by atoms with van der Waals surface area (Å²) in [7, 11) is 1.88. The zero-order chi connectivity index (χ0) is 14.1. The van der Waals surface area contributed by atoms with Crippen molar-refractivity contribution in [3.05, 3.63) is 12.0 Å². The second kappa shape index (κ2) is 5.34. The predicted octanol–water partition coefficient (Wildman–Crippen LogP) is 0.881. The molecular weight excluding hydrogens is 254 g/mol. The first-order chi connectivity index (χ1) is 9.67. The smallest absolute Gasteiger partial charge is 0.163 e. The average Bonchev–Trinajstić information content (AvgIpc) is 2.82. The van der Waals surface area contributed by atoms with E-state index in [1.807, 2.05) is 7.05 Å². The molecule has 0 aromatic carbocycles. The van der Waals surface area contributed by atoms with Gasteiger partial charge in [0.1, 0.15) is 5.82 Å². The highest BCUT2D eigenvalue weighted by molar-refractivity contribution is 5.86. The zero-order valence-corrected chi connectivity index (χ0v) is 12.0. The number of fused-ring (bicyclic) bond motifs is 1. The van der Waals surface area contributed by atoms with Gasteiger partial charge in [-0.05, 0) is 31.8 Å². The normalized spacial score (nSPS) is 17.8. The monoisotopic (exact) mass is 275 g/mol. The van der Waals surface area contributed by atoms with Gasteiger partial charge in [0.2, 0.25) is 0 Å². The Kier molecular flexibility index (Phi) is 3.54. The third-order valence-corrected chi connectivity index (χ3v) is 4.02. The van der Waals surface area contributed by atoms with Gasteiger partial charge in [-0.1, -0.05) is 6.92 Å². The fourth-order valence-electron chi connectivity index (χ4n) is 2.67. The molecule has 0 amide bonds. The summed E-state index contributed by atoms with van der Waals surface area (Å²) in [6.45, 7) is 5.30. The number of aryl methyl sites for hydroxylation is 1. The predicted molar refractivity (Wildman–Crippen MR) is 77.8 cm³/mol. The van der Waals surface area contributed by atoms with Crippen molar-refractivity contribution in [1.82, 2.24) is 24.6 Å². The number of nitrogens with zero attached hydrogens (tertiary/aromatic N) is 5. The lowest BCUT2D eigenvalue weighted by molar-refractivity contribution is 0.181. The highest BCUT2D eigenvalue weighted by atomic mass is 15.3. The van der Waals surface area contributed by atoms with E-state index < -0.39 is 0 Å². The summed E-state index contributed by atoms with van der Waals surface area (Å²) in [4.78, 5) is 11.5. The molecule has 0 aliphatic carbocycles. The van der Waals surface area contributed by atoms with Crippen LogP contribution < -0.4 is 11.3 Å². The Hall–Kier alpha value is -1.73. The van der Waals surface area contributed by atoms with Crippen molar-refractivity contribution in [2.45, 2.75) is 26.3 Å². The second-order valence-corrected chi connectivity index (χ2v) is 5.60. The van der Waals surface area contributed by atoms with Crippen LogP contribution in [0.2, 0.25) is 0 Å². The molecule has 0 unspecified atom stereocenters. The van der Waals surface area contributed by atoms with E-state index in [9.17, 15) is 0 Å². The van der Waals surface area contributed by atoms with Gasteiger partial charge in [-0.15, -0.1) is 0 Å². The van der Waals surface area contributed by atoms with Crippen LogP contribution in [-0.2, 0) is 13.6 Å². The van der Waals surface area contributed by atoms with E-state index in [2.05, 4.69) is 32.3 Å². The molecule has 7 heteroatoms. The largest absolute Gasteiger partial charge is 0.308 e. The molecule has 0 atom stereocenters. The van der Waals surface area contributed by atoms with E-state index in [0.717, 1.165) is 42.4 Å². The first kappa shape index (κ1) is 13.3. The third-order valence-electron chi connectivity index (χ3n) is 4.02. The molecule has 108 valence electrons. The maximum Gasteiger partial charge on any atom is 0.163 e. The number of hydrazine groups is 1. The summed E-state index contributed by atoms with van der Waals surface area (Å²) in [5, 5.41) is 5.06. The molecule has 1 aliphatic heterocycles. The van der Waals surface area contributed by atoms with Gasteiger partial charge in [0.15, 0.2) is 11.5 Å². The Morgan fingerprint density at radius 1 is 1.35 bits per heavy atom. The van der Waals surface area contributed by atoms with Crippen molar-refractivity contribution < 1.29 is 0 Å². The number of hydrogen-bond acceptors (Lipinski definition) is 6. The van der Waals surface area contributed by atoms with Crippen molar-refractivity contribution in [2.75, 3.05) is 18.5 Å². The summed E-state index contributed by atoms with van der Waals surface area (Å²) >= 11 is 0. The van der Waals surface area contributed by atoms with Crippen LogP contribution in [0.3, 0.4) is 0 Å². The molecule has 1 fully saturated rings. The van der Waals surface area contributed by atoms with E-state index in [1.165, 1.54) is 12.8 Å². The lowest BCUT2D eigenvalue weighted by atomic mass is 9.99. The molecule has 3 N–H and O–H groups in total. The molecule has 20 heavy (non-hydrogen) atoms. The van der Waals surface area contributed by atoms with Crippen molar-refractivity contribution >= 4 is 16.9 Å². The maximum absolute atomic E-state index is 5.55. The number of nitrogen functional groups attached to an aromatic ring is 1. The minimum absolute atomic E-state index is 0.642. The van der Waals surface area contributed by atoms with E-state index in [1.54, 1.807) is 10.9 Å². The molecule has 2 aromatic heterocycles. The third kappa shape index (κ3) is 2.46. The molecule has 0 bridgehead atoms. The highest BCUT2D eigenvalue weighted by Crippen LogP contribution is 2.21. The zero-order valence-electron chi connectivity index (χ0n) is 12.0. The number of likely N-dealkylation sites (tertiary alicyclic amines) is 1. The number of piperidine rings is 1. The highest BCUT2D eigenvalue weighted by Gasteiger charge is 2.18. The maximum atomic E-state index is 5.55. The van der Waals surface area contributed by atoms with Gasteiger partial charge >= 0.3 is 0 Å². The second-order valence-electron chi connectivity index (χ2n) is 5.60. The van der Waals surface area contributed by atoms with Gasteiger partial charge in [0.25, 0.3) is 0 Å². The Morgan fingerprint density at radius 2 is 2.10 bits per heavy atom. The van der Waals surface area contributed by atoms with Crippen LogP contribution >= 0.6 is 0 Å². The number of nitrogens with one attached hydrogen (secondary N) is 1. The van der Waals surface area contributed by atoms with Crippen molar-refractivity contribution in [3.8, 4) is 0 Å². The Balaban J connectivity index is 1.86. The number of hydrogen-bond donors (Lipinski definition) is 2. The van der Waals surface area contributed by atoms with E-state index in [0.29, 0.717) is 5.82 Å². The SMILES string of the molecule is CC1CCN(Cc2nc(NN)c3cnn(C)c3n2)CC1. The van der Waals surface area contributed by atoms with Crippen LogP contribution in [0.5, 0.6) is 0 Å². The Bertz CT molecular complexity index is 598. The lowest BCUT2D eigenvalue weighted by Crippen LogP contribution is -2.33. The average molecular weight is 275 g/mol. The van der Waals surface area contributed by atoms with Crippen molar-refractivity contribution in [1.29, 1.82) is 0 Å². The van der Waals surface area contributed by atoms with Crippen LogP contribution in [0.4, 0.5) is 5.82 Å². The first-order valence-electron chi connectivity index (χ1n) is 7.05. The minimum Gasteiger partial charge on any atom is -0.308 e. The van der Waals surface area contributed by atoms with Crippen LogP contribution in [0.15, 0.2) is 6.20 Å². The van der Waals surface area contributed by atoms with Crippen LogP contribution in [-0.4, -0.2) is 37.7 Å². The topological polar surface area (TPSA) is 84.9 Å². The fraction of sp³-hybridized carbons (Fsp3) is 0.615. The van der Waals surface area contributed by atoms with Gasteiger partial charge in [0, 0.05) is 7.05 Å². The van der Waals surface area contributed by atoms with Gasteiger partial charge in [0.05, 0.1) is 18.1 Å². The molecule has 0 saturated carbocycles. The molecular formula is C13H21N7. The Labute approximate surface area is 118 Å². The van der Waals surface area contributed by atoms with Crippen LogP contribution in [0.1, 0.15) is 25.6 Å². The molecule has 0 spiro atoms. The summed E-state index contributed by atoms with van der Waals surface area (Å²) in [5.74, 6) is 7.82. The van der Waals surface area contributed by atoms with E-state index in [-0.39, 0.29) is 0 Å². The van der Waals surface area contributed by atoms with Gasteiger partial charge in [-0.2, -0.15) is 5.10 Å². The molecule has 7 nitrogen and oxygen atoms in total. The van der Waals surface area contributed by atoms with Gasteiger partial charge < -0.3 is 5.43 Å². The molecule has 3 rings (SSSR count). The summed E-state index contributed by atoms with van der Waals surface area (Å²) in [6, 6.07) is 0. The number of nitrogens with two attached hydrogens (primary N) is 1. The fourth-order valence-corrected chi connectivity index (χ4v) is 2.67. The minimum atomic E-state index is 0.642. The van der Waals surface area contributed by atoms with Gasteiger partial charge in [-0.3, -0.25) is 9.58 Å².